The summed E-state index contributed by atoms with van der Waals surface area (Å²) in [4.78, 5) is 25.0. The first-order valence-electron chi connectivity index (χ1n) is 9.69. The molecule has 162 valence electrons. The molecule has 2 atom stereocenters. The quantitative estimate of drug-likeness (QED) is 0.615. The van der Waals surface area contributed by atoms with Crippen LogP contribution in [0.5, 0.6) is 11.5 Å². The second kappa shape index (κ2) is 10.8. The van der Waals surface area contributed by atoms with E-state index >= 15 is 0 Å². The number of halogens is 1. The summed E-state index contributed by atoms with van der Waals surface area (Å²) in [7, 11) is 3.01. The third kappa shape index (κ3) is 5.64. The maximum absolute atomic E-state index is 12.5. The van der Waals surface area contributed by atoms with Gasteiger partial charge < -0.3 is 25.8 Å². The van der Waals surface area contributed by atoms with Crippen LogP contribution in [0.25, 0.3) is 0 Å². The van der Waals surface area contributed by atoms with E-state index in [1.54, 1.807) is 36.4 Å². The fourth-order valence-corrected chi connectivity index (χ4v) is 3.64. The number of nitrogens with two attached hydrogens (primary N) is 1. The lowest BCUT2D eigenvalue weighted by Crippen LogP contribution is -2.28. The lowest BCUT2D eigenvalue weighted by atomic mass is 10.00. The molecule has 2 aromatic carbocycles. The van der Waals surface area contributed by atoms with Crippen molar-refractivity contribution < 1.29 is 19.1 Å². The van der Waals surface area contributed by atoms with Gasteiger partial charge in [0, 0.05) is 30.2 Å². The largest absolute Gasteiger partial charge is 0.494 e. The number of benzene rings is 2. The topological polar surface area (TPSA) is 103 Å². The van der Waals surface area contributed by atoms with E-state index in [1.807, 2.05) is 6.07 Å². The van der Waals surface area contributed by atoms with E-state index in [0.29, 0.717) is 34.9 Å². The highest BCUT2D eigenvalue weighted by Gasteiger charge is 2.26. The molecule has 1 saturated carbocycles. The van der Waals surface area contributed by atoms with Crippen molar-refractivity contribution in [3.63, 3.8) is 0 Å². The van der Waals surface area contributed by atoms with Gasteiger partial charge in [0.15, 0.2) is 0 Å². The molecule has 2 aromatic rings. The number of rotatable bonds is 7. The van der Waals surface area contributed by atoms with Gasteiger partial charge in [0.25, 0.3) is 5.91 Å². The number of hydrogen-bond acceptors (Lipinski definition) is 5. The molecule has 0 unspecified atom stereocenters. The SMILES string of the molecule is COc1cc(NC(=O)c2ccccc2)c(OC)cc1NC(=O)C[C@@H]1CCC[C@H]1N.Cl. The van der Waals surface area contributed by atoms with Crippen LogP contribution in [0, 0.1) is 5.92 Å². The minimum atomic E-state index is -0.266. The van der Waals surface area contributed by atoms with Crippen LogP contribution in [-0.2, 0) is 4.79 Å². The monoisotopic (exact) mass is 433 g/mol. The number of hydrogen-bond donors (Lipinski definition) is 3. The maximum atomic E-state index is 12.5. The molecule has 0 bridgehead atoms. The Balaban J connectivity index is 0.00000320. The van der Waals surface area contributed by atoms with Crippen LogP contribution in [0.15, 0.2) is 42.5 Å². The number of methoxy groups -OCH3 is 2. The van der Waals surface area contributed by atoms with Gasteiger partial charge >= 0.3 is 0 Å². The number of anilines is 2. The van der Waals surface area contributed by atoms with Crippen molar-refractivity contribution in [1.82, 2.24) is 0 Å². The number of carbonyl (C=O) groups is 2. The van der Waals surface area contributed by atoms with E-state index in [1.165, 1.54) is 14.2 Å². The molecule has 4 N–H and O–H groups in total. The van der Waals surface area contributed by atoms with Crippen molar-refractivity contribution in [2.45, 2.75) is 31.7 Å². The fourth-order valence-electron chi connectivity index (χ4n) is 3.64. The Morgan fingerprint density at radius 2 is 1.60 bits per heavy atom. The highest BCUT2D eigenvalue weighted by Crippen LogP contribution is 2.37. The van der Waals surface area contributed by atoms with Crippen LogP contribution >= 0.6 is 12.4 Å². The summed E-state index contributed by atoms with van der Waals surface area (Å²) in [6.45, 7) is 0. The Morgan fingerprint density at radius 1 is 1.00 bits per heavy atom. The molecule has 1 aliphatic rings. The second-order valence-electron chi connectivity index (χ2n) is 7.18. The van der Waals surface area contributed by atoms with E-state index in [4.69, 9.17) is 15.2 Å². The first-order valence-corrected chi connectivity index (χ1v) is 9.69. The molecule has 30 heavy (non-hydrogen) atoms. The highest BCUT2D eigenvalue weighted by atomic mass is 35.5. The first kappa shape index (κ1) is 23.5. The fraction of sp³-hybridized carbons (Fsp3) is 0.364. The maximum Gasteiger partial charge on any atom is 0.255 e. The second-order valence-corrected chi connectivity index (χ2v) is 7.18. The highest BCUT2D eigenvalue weighted by molar-refractivity contribution is 6.05. The Bertz CT molecular complexity index is 876. The standard InChI is InChI=1S/C22H27N3O4.ClH/c1-28-19-13-18(25-22(27)14-7-4-3-5-8-14)20(29-2)12-17(19)24-21(26)11-15-9-6-10-16(15)23;/h3-5,7-8,12-13,15-16H,6,9-11,23H2,1-2H3,(H,24,26)(H,25,27);1H/t15-,16+;/m0./s1. The minimum Gasteiger partial charge on any atom is -0.494 e. The first-order chi connectivity index (χ1) is 14.0. The Kier molecular flexibility index (Phi) is 8.50. The Morgan fingerprint density at radius 3 is 2.13 bits per heavy atom. The van der Waals surface area contributed by atoms with E-state index in [0.717, 1.165) is 19.3 Å². The minimum absolute atomic E-state index is 0. The van der Waals surface area contributed by atoms with Gasteiger partial charge in [-0.05, 0) is 30.9 Å². The van der Waals surface area contributed by atoms with Gasteiger partial charge in [-0.15, -0.1) is 12.4 Å². The predicted octanol–water partition coefficient (Wildman–Crippen LogP) is 3.83. The Hall–Kier alpha value is -2.77. The van der Waals surface area contributed by atoms with E-state index < -0.39 is 0 Å². The number of ether oxygens (including phenoxy) is 2. The van der Waals surface area contributed by atoms with Crippen LogP contribution in [0.4, 0.5) is 11.4 Å². The molecular weight excluding hydrogens is 406 g/mol. The average Bonchev–Trinajstić information content (AvgIpc) is 3.13. The zero-order chi connectivity index (χ0) is 20.8. The van der Waals surface area contributed by atoms with Gasteiger partial charge in [0.2, 0.25) is 5.91 Å². The Labute approximate surface area is 182 Å². The van der Waals surface area contributed by atoms with E-state index in [9.17, 15) is 9.59 Å². The van der Waals surface area contributed by atoms with Gasteiger partial charge in [0.1, 0.15) is 11.5 Å². The molecule has 1 aliphatic carbocycles. The summed E-state index contributed by atoms with van der Waals surface area (Å²) in [5.74, 6) is 0.667. The number of amides is 2. The van der Waals surface area contributed by atoms with Gasteiger partial charge in [-0.3, -0.25) is 9.59 Å². The van der Waals surface area contributed by atoms with Crippen molar-refractivity contribution in [2.24, 2.45) is 11.7 Å². The zero-order valence-electron chi connectivity index (χ0n) is 17.1. The van der Waals surface area contributed by atoms with Crippen molar-refractivity contribution in [2.75, 3.05) is 24.9 Å². The lowest BCUT2D eigenvalue weighted by Gasteiger charge is -2.18. The van der Waals surface area contributed by atoms with Crippen molar-refractivity contribution in [3.8, 4) is 11.5 Å². The van der Waals surface area contributed by atoms with Crippen LogP contribution in [0.2, 0.25) is 0 Å². The average molecular weight is 434 g/mol. The van der Waals surface area contributed by atoms with Gasteiger partial charge in [-0.25, -0.2) is 0 Å². The van der Waals surface area contributed by atoms with E-state index in [2.05, 4.69) is 10.6 Å². The molecule has 3 rings (SSSR count). The molecule has 0 spiro atoms. The molecule has 0 heterocycles. The van der Waals surface area contributed by atoms with Gasteiger partial charge in [-0.1, -0.05) is 24.6 Å². The number of carbonyl (C=O) groups excluding carboxylic acids is 2. The molecular formula is C22H28ClN3O4. The number of nitrogens with one attached hydrogen (secondary N) is 2. The third-order valence-electron chi connectivity index (χ3n) is 5.25. The van der Waals surface area contributed by atoms with Crippen molar-refractivity contribution >= 4 is 35.6 Å². The summed E-state index contributed by atoms with van der Waals surface area (Å²) >= 11 is 0. The smallest absolute Gasteiger partial charge is 0.255 e. The van der Waals surface area contributed by atoms with Crippen LogP contribution in [0.1, 0.15) is 36.0 Å². The van der Waals surface area contributed by atoms with Gasteiger partial charge in [-0.2, -0.15) is 0 Å². The summed E-state index contributed by atoms with van der Waals surface area (Å²) in [6.07, 6.45) is 3.37. The van der Waals surface area contributed by atoms with Crippen molar-refractivity contribution in [3.05, 3.63) is 48.0 Å². The zero-order valence-corrected chi connectivity index (χ0v) is 18.0. The van der Waals surface area contributed by atoms with Crippen LogP contribution < -0.4 is 25.8 Å². The summed E-state index contributed by atoms with van der Waals surface area (Å²) < 4.78 is 10.8. The summed E-state index contributed by atoms with van der Waals surface area (Å²) in [5, 5.41) is 5.71. The molecule has 0 aromatic heterocycles. The van der Waals surface area contributed by atoms with E-state index in [-0.39, 0.29) is 36.2 Å². The lowest BCUT2D eigenvalue weighted by molar-refractivity contribution is -0.117. The molecule has 0 radical (unpaired) electrons. The molecule has 8 heteroatoms. The van der Waals surface area contributed by atoms with Crippen molar-refractivity contribution in [1.29, 1.82) is 0 Å². The predicted molar refractivity (Wildman–Crippen MR) is 120 cm³/mol. The molecule has 2 amide bonds. The molecule has 1 fully saturated rings. The van der Waals surface area contributed by atoms with Gasteiger partial charge in [0.05, 0.1) is 25.6 Å². The summed E-state index contributed by atoms with van der Waals surface area (Å²) in [6, 6.07) is 12.2. The molecule has 0 saturated heterocycles. The normalized spacial score (nSPS) is 17.6. The summed E-state index contributed by atoms with van der Waals surface area (Å²) in [5.41, 5.74) is 7.54. The third-order valence-corrected chi connectivity index (χ3v) is 5.25. The molecule has 7 nitrogen and oxygen atoms in total. The molecule has 0 aliphatic heterocycles. The van der Waals surface area contributed by atoms with Crippen LogP contribution in [0.3, 0.4) is 0 Å². The van der Waals surface area contributed by atoms with Crippen LogP contribution in [-0.4, -0.2) is 32.1 Å².